The first-order chi connectivity index (χ1) is 16.4. The molecule has 1 aromatic heterocycles. The van der Waals surface area contributed by atoms with Gasteiger partial charge < -0.3 is 23.7 Å². The van der Waals surface area contributed by atoms with Gasteiger partial charge in [0.15, 0.2) is 11.9 Å². The summed E-state index contributed by atoms with van der Waals surface area (Å²) in [6, 6.07) is 1.77. The monoisotopic (exact) mass is 486 g/mol. The summed E-state index contributed by atoms with van der Waals surface area (Å²) in [4.78, 5) is 39.7. The van der Waals surface area contributed by atoms with Gasteiger partial charge in [0, 0.05) is 28.9 Å². The Hall–Kier alpha value is -2.45. The number of cyclic esters (lactones) is 1. The molecular weight excluding hydrogens is 452 g/mol. The van der Waals surface area contributed by atoms with Crippen LogP contribution in [0, 0.1) is 33.5 Å². The van der Waals surface area contributed by atoms with Crippen LogP contribution in [0.25, 0.3) is 0 Å². The average molecular weight is 487 g/mol. The van der Waals surface area contributed by atoms with E-state index in [4.69, 9.17) is 18.6 Å². The Labute approximate surface area is 205 Å². The second kappa shape index (κ2) is 7.29. The lowest BCUT2D eigenvalue weighted by Gasteiger charge is -2.62. The van der Waals surface area contributed by atoms with Gasteiger partial charge in [-0.05, 0) is 43.2 Å². The molecule has 1 spiro atoms. The number of carbonyl (C=O) groups excluding carboxylic acids is 3. The van der Waals surface area contributed by atoms with E-state index in [0.717, 1.165) is 0 Å². The third-order valence-corrected chi connectivity index (χ3v) is 10.2. The Morgan fingerprint density at radius 3 is 2.49 bits per heavy atom. The fourth-order valence-electron chi connectivity index (χ4n) is 8.22. The molecule has 0 bridgehead atoms. The molecule has 3 heterocycles. The molecule has 8 heteroatoms. The van der Waals surface area contributed by atoms with Gasteiger partial charge in [-0.25, -0.2) is 4.79 Å². The number of methoxy groups -OCH3 is 1. The van der Waals surface area contributed by atoms with Gasteiger partial charge in [-0.15, -0.1) is 0 Å². The second-order valence-electron chi connectivity index (χ2n) is 11.8. The summed E-state index contributed by atoms with van der Waals surface area (Å²) in [5.74, 6) is -1.87. The molecule has 190 valence electrons. The minimum Gasteiger partial charge on any atom is -0.472 e. The maximum atomic E-state index is 13.8. The maximum absolute atomic E-state index is 13.8. The largest absolute Gasteiger partial charge is 0.472 e. The van der Waals surface area contributed by atoms with Crippen LogP contribution in [0.4, 0.5) is 0 Å². The number of ether oxygens (including phenoxy) is 3. The van der Waals surface area contributed by atoms with Crippen LogP contribution in [0.5, 0.6) is 0 Å². The van der Waals surface area contributed by atoms with Crippen molar-refractivity contribution in [2.45, 2.75) is 65.3 Å². The van der Waals surface area contributed by atoms with Crippen LogP contribution in [-0.4, -0.2) is 48.3 Å². The van der Waals surface area contributed by atoms with Crippen LogP contribution in [0.2, 0.25) is 0 Å². The van der Waals surface area contributed by atoms with E-state index in [1.54, 1.807) is 18.4 Å². The van der Waals surface area contributed by atoms with Crippen molar-refractivity contribution in [1.82, 2.24) is 0 Å². The molecule has 8 atom stereocenters. The zero-order valence-electron chi connectivity index (χ0n) is 21.1. The van der Waals surface area contributed by atoms with E-state index < -0.39 is 57.3 Å². The number of furan rings is 1. The molecular formula is C27H34O8. The van der Waals surface area contributed by atoms with Crippen molar-refractivity contribution in [3.63, 3.8) is 0 Å². The number of aliphatic hydroxyl groups excluding tert-OH is 1. The van der Waals surface area contributed by atoms with Crippen LogP contribution in [0.3, 0.4) is 0 Å². The molecule has 2 aliphatic heterocycles. The quantitative estimate of drug-likeness (QED) is 0.509. The standard InChI is InChI=1S/C27H34O8/c1-23(2)17(13-28)24(3,10-8-18(23)29)16-7-11-25(4)19(15-9-12-33-14-15)34-21(30)20-27(25,35-20)26(16,5)22(31)32-6/h8-10,12,14,16-17,19-20,28H,7,11,13H2,1-6H3/t16-,17+,19+,20-,24-,25+,26+,27-/m1/s1. The highest BCUT2D eigenvalue weighted by Crippen LogP contribution is 2.76. The van der Waals surface area contributed by atoms with Crippen LogP contribution >= 0.6 is 0 Å². The molecule has 5 rings (SSSR count). The molecule has 2 saturated heterocycles. The van der Waals surface area contributed by atoms with Gasteiger partial charge in [0.1, 0.15) is 17.1 Å². The van der Waals surface area contributed by atoms with Gasteiger partial charge in [0.25, 0.3) is 0 Å². The van der Waals surface area contributed by atoms with Crippen LogP contribution in [-0.2, 0) is 28.6 Å². The number of aliphatic hydroxyl groups is 1. The topological polar surface area (TPSA) is 116 Å². The van der Waals surface area contributed by atoms with Crippen LogP contribution < -0.4 is 0 Å². The smallest absolute Gasteiger partial charge is 0.339 e. The molecule has 4 aliphatic rings. The van der Waals surface area contributed by atoms with Crippen LogP contribution in [0.1, 0.15) is 59.1 Å². The van der Waals surface area contributed by atoms with Gasteiger partial charge in [-0.2, -0.15) is 0 Å². The van der Waals surface area contributed by atoms with E-state index in [9.17, 15) is 19.5 Å². The number of carbonyl (C=O) groups is 3. The number of allylic oxidation sites excluding steroid dienone is 2. The average Bonchev–Trinajstić information content (AvgIpc) is 3.38. The molecule has 0 aromatic carbocycles. The number of esters is 2. The summed E-state index contributed by atoms with van der Waals surface area (Å²) in [6.45, 7) is 9.27. The Morgan fingerprint density at radius 1 is 1.17 bits per heavy atom. The fraction of sp³-hybridized carbons (Fsp3) is 0.667. The molecule has 1 saturated carbocycles. The maximum Gasteiger partial charge on any atom is 0.339 e. The predicted molar refractivity (Wildman–Crippen MR) is 123 cm³/mol. The highest BCUT2D eigenvalue weighted by molar-refractivity contribution is 5.96. The molecule has 1 aromatic rings. The highest BCUT2D eigenvalue weighted by Gasteiger charge is 2.88. The number of rotatable bonds is 4. The van der Waals surface area contributed by atoms with E-state index in [0.29, 0.717) is 18.4 Å². The first kappa shape index (κ1) is 24.3. The number of hydrogen-bond acceptors (Lipinski definition) is 8. The summed E-state index contributed by atoms with van der Waals surface area (Å²) in [5.41, 5.74) is -4.02. The van der Waals surface area contributed by atoms with Crippen molar-refractivity contribution in [2.24, 2.45) is 33.5 Å². The van der Waals surface area contributed by atoms with Crippen molar-refractivity contribution < 1.29 is 38.1 Å². The van der Waals surface area contributed by atoms with E-state index in [1.807, 2.05) is 40.7 Å². The fourth-order valence-corrected chi connectivity index (χ4v) is 8.22. The van der Waals surface area contributed by atoms with Crippen molar-refractivity contribution in [2.75, 3.05) is 13.7 Å². The molecule has 35 heavy (non-hydrogen) atoms. The molecule has 8 nitrogen and oxygen atoms in total. The third-order valence-electron chi connectivity index (χ3n) is 10.2. The number of epoxide rings is 1. The zero-order valence-corrected chi connectivity index (χ0v) is 21.1. The lowest BCUT2D eigenvalue weighted by atomic mass is 9.40. The summed E-state index contributed by atoms with van der Waals surface area (Å²) < 4.78 is 22.9. The lowest BCUT2D eigenvalue weighted by molar-refractivity contribution is -0.212. The minimum atomic E-state index is -1.26. The van der Waals surface area contributed by atoms with Gasteiger partial charge in [-0.1, -0.05) is 33.8 Å². The van der Waals surface area contributed by atoms with Crippen molar-refractivity contribution in [3.8, 4) is 0 Å². The van der Waals surface area contributed by atoms with Gasteiger partial charge >= 0.3 is 11.9 Å². The second-order valence-corrected chi connectivity index (χ2v) is 11.8. The minimum absolute atomic E-state index is 0.0607. The molecule has 3 fully saturated rings. The van der Waals surface area contributed by atoms with Crippen molar-refractivity contribution in [3.05, 3.63) is 36.3 Å². The molecule has 2 aliphatic carbocycles. The Bertz CT molecular complexity index is 1100. The summed E-state index contributed by atoms with van der Waals surface area (Å²) in [5, 5.41) is 10.5. The lowest BCUT2D eigenvalue weighted by Crippen LogP contribution is -2.69. The summed E-state index contributed by atoms with van der Waals surface area (Å²) in [6.07, 6.45) is 6.13. The first-order valence-electron chi connectivity index (χ1n) is 12.2. The SMILES string of the molecule is COC(=O)[C@]1(C)[C@@H]([C@@]2(C)C=CC(=O)C(C)(C)[C@@H]2CO)CC[C@@]2(C)[C@H](c3ccoc3)OC(=O)[C@H]3O[C@]321. The first-order valence-corrected chi connectivity index (χ1v) is 12.2. The number of hydrogen-bond donors (Lipinski definition) is 1. The van der Waals surface area contributed by atoms with E-state index in [1.165, 1.54) is 13.4 Å². The van der Waals surface area contributed by atoms with Gasteiger partial charge in [0.05, 0.1) is 19.6 Å². The molecule has 0 unspecified atom stereocenters. The molecule has 0 radical (unpaired) electrons. The normalized spacial score (nSPS) is 45.8. The van der Waals surface area contributed by atoms with Gasteiger partial charge in [0.2, 0.25) is 0 Å². The number of ketones is 1. The highest BCUT2D eigenvalue weighted by atomic mass is 16.7. The van der Waals surface area contributed by atoms with Crippen LogP contribution in [0.15, 0.2) is 35.2 Å². The van der Waals surface area contributed by atoms with E-state index >= 15 is 0 Å². The van der Waals surface area contributed by atoms with E-state index in [-0.39, 0.29) is 18.3 Å². The van der Waals surface area contributed by atoms with Gasteiger partial charge in [-0.3, -0.25) is 9.59 Å². The van der Waals surface area contributed by atoms with Crippen molar-refractivity contribution in [1.29, 1.82) is 0 Å². The summed E-state index contributed by atoms with van der Waals surface area (Å²) in [7, 11) is 1.34. The molecule has 0 amide bonds. The van der Waals surface area contributed by atoms with Crippen molar-refractivity contribution >= 4 is 17.7 Å². The Balaban J connectivity index is 1.71. The Morgan fingerprint density at radius 2 is 1.89 bits per heavy atom. The Kier molecular flexibility index (Phi) is 5.05. The molecule has 1 N–H and O–H groups in total. The third kappa shape index (κ3) is 2.67. The zero-order chi connectivity index (χ0) is 25.6. The predicted octanol–water partition coefficient (Wildman–Crippen LogP) is 3.39. The summed E-state index contributed by atoms with van der Waals surface area (Å²) >= 11 is 0. The van der Waals surface area contributed by atoms with E-state index in [2.05, 4.69) is 0 Å².